The molecule has 2 aromatic heterocycles. The number of hydrogen-bond acceptors (Lipinski definition) is 6. The van der Waals surface area contributed by atoms with E-state index < -0.39 is 0 Å². The first kappa shape index (κ1) is 21.6. The molecule has 33 heavy (non-hydrogen) atoms. The van der Waals surface area contributed by atoms with Crippen LogP contribution < -0.4 is 5.32 Å². The van der Waals surface area contributed by atoms with E-state index in [0.29, 0.717) is 13.1 Å². The zero-order valence-corrected chi connectivity index (χ0v) is 19.5. The summed E-state index contributed by atoms with van der Waals surface area (Å²) in [7, 11) is 0. The van der Waals surface area contributed by atoms with Crippen molar-refractivity contribution in [1.82, 2.24) is 19.8 Å². The standard InChI is InChI=1S/C26H27N5OS/c1-19-16-22-25(28-18-29-26(22)33-19)27-17-23(32)30-12-14-31(15-13-30)24(20-8-4-2-5-9-20)21-10-6-3-7-11-21/h2-11,16,18,24H,12-15,17H2,1H3,(H,27,28,29). The maximum atomic E-state index is 12.9. The average Bonchev–Trinajstić information content (AvgIpc) is 3.25. The Morgan fingerprint density at radius 3 is 2.24 bits per heavy atom. The molecule has 0 aliphatic carbocycles. The molecule has 1 aliphatic rings. The van der Waals surface area contributed by atoms with Crippen molar-refractivity contribution in [3.8, 4) is 0 Å². The molecule has 0 bridgehead atoms. The second kappa shape index (κ2) is 9.68. The van der Waals surface area contributed by atoms with Crippen LogP contribution in [0.3, 0.4) is 0 Å². The summed E-state index contributed by atoms with van der Waals surface area (Å²) in [6, 6.07) is 23.5. The Labute approximate surface area is 197 Å². The van der Waals surface area contributed by atoms with Gasteiger partial charge < -0.3 is 10.2 Å². The van der Waals surface area contributed by atoms with E-state index in [1.54, 1.807) is 17.7 Å². The number of fused-ring (bicyclic) bond motifs is 1. The lowest BCUT2D eigenvalue weighted by Crippen LogP contribution is -2.51. The van der Waals surface area contributed by atoms with E-state index in [1.807, 2.05) is 4.90 Å². The van der Waals surface area contributed by atoms with Crippen molar-refractivity contribution >= 4 is 33.3 Å². The van der Waals surface area contributed by atoms with Crippen molar-refractivity contribution in [2.75, 3.05) is 38.0 Å². The molecule has 0 radical (unpaired) electrons. The molecule has 1 fully saturated rings. The van der Waals surface area contributed by atoms with E-state index in [1.165, 1.54) is 16.0 Å². The van der Waals surface area contributed by atoms with E-state index >= 15 is 0 Å². The van der Waals surface area contributed by atoms with Crippen LogP contribution in [0.4, 0.5) is 5.82 Å². The molecule has 0 saturated carbocycles. The topological polar surface area (TPSA) is 61.4 Å². The number of anilines is 1. The van der Waals surface area contributed by atoms with Crippen LogP contribution in [0.2, 0.25) is 0 Å². The molecule has 168 valence electrons. The van der Waals surface area contributed by atoms with Gasteiger partial charge in [-0.15, -0.1) is 11.3 Å². The third kappa shape index (κ3) is 4.74. The Balaban J connectivity index is 1.23. The Morgan fingerprint density at radius 2 is 1.61 bits per heavy atom. The molecule has 0 unspecified atom stereocenters. The Morgan fingerprint density at radius 1 is 0.970 bits per heavy atom. The summed E-state index contributed by atoms with van der Waals surface area (Å²) >= 11 is 1.64. The number of rotatable bonds is 6. The Kier molecular flexibility index (Phi) is 6.32. The number of carbonyl (C=O) groups excluding carboxylic acids is 1. The van der Waals surface area contributed by atoms with Gasteiger partial charge in [0.25, 0.3) is 0 Å². The predicted molar refractivity (Wildman–Crippen MR) is 134 cm³/mol. The van der Waals surface area contributed by atoms with Crippen molar-refractivity contribution in [1.29, 1.82) is 0 Å². The fourth-order valence-corrected chi connectivity index (χ4v) is 5.35. The molecule has 1 aliphatic heterocycles. The number of aromatic nitrogens is 2. The van der Waals surface area contributed by atoms with Gasteiger partial charge in [-0.25, -0.2) is 9.97 Å². The molecule has 7 heteroatoms. The van der Waals surface area contributed by atoms with E-state index in [0.717, 1.165) is 29.1 Å². The number of carbonyl (C=O) groups is 1. The molecule has 0 spiro atoms. The molecule has 2 aromatic carbocycles. The highest BCUT2D eigenvalue weighted by atomic mass is 32.1. The summed E-state index contributed by atoms with van der Waals surface area (Å²) in [4.78, 5) is 28.2. The lowest BCUT2D eigenvalue weighted by Gasteiger charge is -2.39. The van der Waals surface area contributed by atoms with Crippen LogP contribution in [0.25, 0.3) is 10.2 Å². The SMILES string of the molecule is Cc1cc2c(NCC(=O)N3CCN(C(c4ccccc4)c4ccccc4)CC3)ncnc2s1. The van der Waals surface area contributed by atoms with Gasteiger partial charge in [-0.2, -0.15) is 0 Å². The second-order valence-electron chi connectivity index (χ2n) is 8.29. The lowest BCUT2D eigenvalue weighted by molar-refractivity contribution is -0.131. The van der Waals surface area contributed by atoms with Crippen LogP contribution in [0.5, 0.6) is 0 Å². The summed E-state index contributed by atoms with van der Waals surface area (Å²) in [5.74, 6) is 0.828. The van der Waals surface area contributed by atoms with Crippen LogP contribution in [-0.4, -0.2) is 58.4 Å². The smallest absolute Gasteiger partial charge is 0.242 e. The lowest BCUT2D eigenvalue weighted by atomic mass is 9.96. The number of aryl methyl sites for hydroxylation is 1. The number of benzene rings is 2. The normalized spacial score (nSPS) is 14.7. The zero-order valence-electron chi connectivity index (χ0n) is 18.6. The Hall–Kier alpha value is -3.29. The van der Waals surface area contributed by atoms with E-state index in [4.69, 9.17) is 0 Å². The number of hydrogen-bond donors (Lipinski definition) is 1. The maximum absolute atomic E-state index is 12.9. The minimum Gasteiger partial charge on any atom is -0.360 e. The van der Waals surface area contributed by atoms with Gasteiger partial charge in [-0.1, -0.05) is 60.7 Å². The third-order valence-electron chi connectivity index (χ3n) is 6.12. The van der Waals surface area contributed by atoms with Crippen molar-refractivity contribution in [2.45, 2.75) is 13.0 Å². The Bertz CT molecular complexity index is 1180. The average molecular weight is 458 g/mol. The first-order valence-electron chi connectivity index (χ1n) is 11.3. The number of nitrogens with zero attached hydrogens (tertiary/aromatic N) is 4. The van der Waals surface area contributed by atoms with Gasteiger partial charge in [0.05, 0.1) is 18.0 Å². The van der Waals surface area contributed by atoms with Gasteiger partial charge in [0.2, 0.25) is 5.91 Å². The molecular weight excluding hydrogens is 430 g/mol. The highest BCUT2D eigenvalue weighted by Crippen LogP contribution is 2.30. The first-order chi connectivity index (χ1) is 16.2. The fraction of sp³-hybridized carbons (Fsp3) is 0.269. The highest BCUT2D eigenvalue weighted by molar-refractivity contribution is 7.18. The molecule has 0 atom stereocenters. The zero-order chi connectivity index (χ0) is 22.6. The molecule has 1 amide bonds. The van der Waals surface area contributed by atoms with Crippen LogP contribution in [0.15, 0.2) is 73.1 Å². The van der Waals surface area contributed by atoms with Crippen molar-refractivity contribution in [3.05, 3.63) is 89.1 Å². The van der Waals surface area contributed by atoms with E-state index in [2.05, 4.69) is 93.8 Å². The van der Waals surface area contributed by atoms with Crippen LogP contribution in [0, 0.1) is 6.92 Å². The van der Waals surface area contributed by atoms with Gasteiger partial charge in [-0.3, -0.25) is 9.69 Å². The quantitative estimate of drug-likeness (QED) is 0.467. The van der Waals surface area contributed by atoms with E-state index in [9.17, 15) is 4.79 Å². The third-order valence-corrected chi connectivity index (χ3v) is 7.08. The molecule has 5 rings (SSSR count). The number of amides is 1. The largest absolute Gasteiger partial charge is 0.360 e. The summed E-state index contributed by atoms with van der Waals surface area (Å²) < 4.78 is 0. The number of thiophene rings is 1. The fourth-order valence-electron chi connectivity index (χ4n) is 4.50. The minimum atomic E-state index is 0.101. The minimum absolute atomic E-state index is 0.101. The summed E-state index contributed by atoms with van der Waals surface area (Å²) in [5.41, 5.74) is 2.56. The molecule has 3 heterocycles. The monoisotopic (exact) mass is 457 g/mol. The molecule has 4 aromatic rings. The second-order valence-corrected chi connectivity index (χ2v) is 9.53. The van der Waals surface area contributed by atoms with Gasteiger partial charge in [0.15, 0.2) is 0 Å². The van der Waals surface area contributed by atoms with E-state index in [-0.39, 0.29) is 18.5 Å². The predicted octanol–water partition coefficient (Wildman–Crippen LogP) is 4.35. The molecule has 1 N–H and O–H groups in total. The molecular formula is C26H27N5OS. The van der Waals surface area contributed by atoms with Gasteiger partial charge >= 0.3 is 0 Å². The van der Waals surface area contributed by atoms with Crippen molar-refractivity contribution < 1.29 is 4.79 Å². The number of nitrogens with one attached hydrogen (secondary N) is 1. The van der Waals surface area contributed by atoms with Crippen molar-refractivity contribution in [3.63, 3.8) is 0 Å². The summed E-state index contributed by atoms with van der Waals surface area (Å²) in [6.45, 7) is 5.39. The first-order valence-corrected chi connectivity index (χ1v) is 12.1. The maximum Gasteiger partial charge on any atom is 0.242 e. The number of piperazine rings is 1. The van der Waals surface area contributed by atoms with Crippen LogP contribution >= 0.6 is 11.3 Å². The molecule has 1 saturated heterocycles. The van der Waals surface area contributed by atoms with Gasteiger partial charge in [0, 0.05) is 31.1 Å². The summed E-state index contributed by atoms with van der Waals surface area (Å²) in [5, 5.41) is 4.21. The summed E-state index contributed by atoms with van der Waals surface area (Å²) in [6.07, 6.45) is 1.55. The van der Waals surface area contributed by atoms with Crippen molar-refractivity contribution in [2.24, 2.45) is 0 Å². The van der Waals surface area contributed by atoms with Crippen LogP contribution in [-0.2, 0) is 4.79 Å². The highest BCUT2D eigenvalue weighted by Gasteiger charge is 2.28. The van der Waals surface area contributed by atoms with Gasteiger partial charge in [-0.05, 0) is 24.1 Å². The molecule has 6 nitrogen and oxygen atoms in total. The van der Waals surface area contributed by atoms with Gasteiger partial charge in [0.1, 0.15) is 17.0 Å². The van der Waals surface area contributed by atoms with Crippen LogP contribution in [0.1, 0.15) is 22.0 Å².